The molecule has 6 nitrogen and oxygen atoms in total. The Bertz CT molecular complexity index is 1330. The Hall–Kier alpha value is -3.19. The summed E-state index contributed by atoms with van der Waals surface area (Å²) in [6.07, 6.45) is 8.40. The number of rotatable bonds is 9. The Balaban J connectivity index is 1.13. The second-order valence-corrected chi connectivity index (χ2v) is 10.9. The molecule has 1 saturated heterocycles. The average Bonchev–Trinajstić information content (AvgIpc) is 3.10. The van der Waals surface area contributed by atoms with Gasteiger partial charge in [-0.3, -0.25) is 9.78 Å². The third kappa shape index (κ3) is 6.88. The zero-order chi connectivity index (χ0) is 27.2. The number of hydrogen-bond donors (Lipinski definition) is 2. The fourth-order valence-corrected chi connectivity index (χ4v) is 5.82. The van der Waals surface area contributed by atoms with Crippen molar-refractivity contribution in [3.8, 4) is 5.75 Å². The molecular formula is C32H36ClN3O3. The quantitative estimate of drug-likeness (QED) is 0.343. The van der Waals surface area contributed by atoms with Gasteiger partial charge in [0, 0.05) is 29.9 Å². The predicted molar refractivity (Wildman–Crippen MR) is 155 cm³/mol. The number of ether oxygens (including phenoxy) is 1. The van der Waals surface area contributed by atoms with Crippen LogP contribution in [-0.2, 0) is 24.1 Å². The number of likely N-dealkylation sites (tertiary alicyclic amines) is 1. The summed E-state index contributed by atoms with van der Waals surface area (Å²) in [4.78, 5) is 18.3. The van der Waals surface area contributed by atoms with Crippen LogP contribution in [0.25, 0.3) is 5.57 Å². The Morgan fingerprint density at radius 2 is 1.79 bits per heavy atom. The number of unbranched alkanes of at least 4 members (excludes halogenated alkanes) is 1. The fourth-order valence-electron chi connectivity index (χ4n) is 5.62. The lowest BCUT2D eigenvalue weighted by molar-refractivity contribution is -0.138. The van der Waals surface area contributed by atoms with Crippen LogP contribution in [0.2, 0.25) is 5.02 Å². The SMILES string of the molecule is N[C@@H](Cc1ccc(OCCCCN2CCC(=C3c4ccc(Cl)cc4CCc4cccnc43)CC2)cc1)C(=O)O. The largest absolute Gasteiger partial charge is 0.494 e. The molecule has 2 heterocycles. The molecule has 0 spiro atoms. The predicted octanol–water partition coefficient (Wildman–Crippen LogP) is 5.54. The number of aryl methyl sites for hydroxylation is 2. The van der Waals surface area contributed by atoms with E-state index >= 15 is 0 Å². The summed E-state index contributed by atoms with van der Waals surface area (Å²) in [6, 6.07) is 17.2. The molecule has 2 aromatic carbocycles. The van der Waals surface area contributed by atoms with Gasteiger partial charge in [0.25, 0.3) is 0 Å². The summed E-state index contributed by atoms with van der Waals surface area (Å²) in [5, 5.41) is 9.76. The minimum atomic E-state index is -0.987. The van der Waals surface area contributed by atoms with E-state index in [9.17, 15) is 4.79 Å². The molecule has 1 atom stereocenters. The number of halogens is 1. The Kier molecular flexibility index (Phi) is 8.97. The van der Waals surface area contributed by atoms with E-state index in [1.807, 2.05) is 42.6 Å². The molecule has 2 aliphatic rings. The molecule has 39 heavy (non-hydrogen) atoms. The molecular weight excluding hydrogens is 510 g/mol. The van der Waals surface area contributed by atoms with Crippen LogP contribution in [0.5, 0.6) is 5.75 Å². The van der Waals surface area contributed by atoms with Gasteiger partial charge in [-0.05, 0) is 104 Å². The number of pyridine rings is 1. The zero-order valence-corrected chi connectivity index (χ0v) is 23.0. The summed E-state index contributed by atoms with van der Waals surface area (Å²) >= 11 is 6.36. The lowest BCUT2D eigenvalue weighted by Crippen LogP contribution is -2.32. The second kappa shape index (κ2) is 12.8. The number of carboxylic acids is 1. The molecule has 1 aromatic heterocycles. The first-order valence-electron chi connectivity index (χ1n) is 13.9. The summed E-state index contributed by atoms with van der Waals surface area (Å²) in [5.74, 6) is -0.185. The first kappa shape index (κ1) is 27.4. The first-order chi connectivity index (χ1) is 19.0. The number of hydrogen-bond acceptors (Lipinski definition) is 5. The summed E-state index contributed by atoms with van der Waals surface area (Å²) < 4.78 is 5.90. The van der Waals surface area contributed by atoms with Crippen LogP contribution in [-0.4, -0.2) is 53.2 Å². The Labute approximate surface area is 235 Å². The van der Waals surface area contributed by atoms with E-state index in [2.05, 4.69) is 23.1 Å². The number of piperidine rings is 1. The maximum atomic E-state index is 10.9. The van der Waals surface area contributed by atoms with E-state index in [0.29, 0.717) is 13.0 Å². The van der Waals surface area contributed by atoms with Crippen LogP contribution in [0.1, 0.15) is 53.6 Å². The van der Waals surface area contributed by atoms with Crippen molar-refractivity contribution in [2.45, 2.75) is 51.0 Å². The van der Waals surface area contributed by atoms with Gasteiger partial charge in [-0.15, -0.1) is 0 Å². The number of carboxylic acid groups (broad SMARTS) is 1. The lowest BCUT2D eigenvalue weighted by Gasteiger charge is -2.30. The van der Waals surface area contributed by atoms with E-state index in [4.69, 9.17) is 32.2 Å². The number of nitrogens with two attached hydrogens (primary N) is 1. The highest BCUT2D eigenvalue weighted by molar-refractivity contribution is 6.30. The monoisotopic (exact) mass is 545 g/mol. The topological polar surface area (TPSA) is 88.7 Å². The summed E-state index contributed by atoms with van der Waals surface area (Å²) in [7, 11) is 0. The number of aliphatic carboxylic acids is 1. The molecule has 0 bridgehead atoms. The van der Waals surface area contributed by atoms with Crippen molar-refractivity contribution in [1.29, 1.82) is 0 Å². The lowest BCUT2D eigenvalue weighted by atomic mass is 9.88. The highest BCUT2D eigenvalue weighted by Crippen LogP contribution is 2.38. The second-order valence-electron chi connectivity index (χ2n) is 10.5. The van der Waals surface area contributed by atoms with Gasteiger partial charge in [-0.2, -0.15) is 0 Å². The van der Waals surface area contributed by atoms with Crippen LogP contribution >= 0.6 is 11.6 Å². The molecule has 0 radical (unpaired) electrons. The van der Waals surface area contributed by atoms with Crippen molar-refractivity contribution in [3.63, 3.8) is 0 Å². The van der Waals surface area contributed by atoms with Gasteiger partial charge in [-0.1, -0.05) is 41.4 Å². The van der Waals surface area contributed by atoms with Gasteiger partial charge in [0.05, 0.1) is 12.3 Å². The number of fused-ring (bicyclic) bond motifs is 2. The Morgan fingerprint density at radius 1 is 1.03 bits per heavy atom. The van der Waals surface area contributed by atoms with Gasteiger partial charge in [0.15, 0.2) is 0 Å². The average molecular weight is 546 g/mol. The molecule has 0 unspecified atom stereocenters. The molecule has 1 aliphatic heterocycles. The molecule has 3 N–H and O–H groups in total. The van der Waals surface area contributed by atoms with E-state index < -0.39 is 12.0 Å². The van der Waals surface area contributed by atoms with Crippen molar-refractivity contribution < 1.29 is 14.6 Å². The summed E-state index contributed by atoms with van der Waals surface area (Å²) in [6.45, 7) is 3.85. The van der Waals surface area contributed by atoms with Crippen molar-refractivity contribution in [2.75, 3.05) is 26.2 Å². The Morgan fingerprint density at radius 3 is 2.56 bits per heavy atom. The zero-order valence-electron chi connectivity index (χ0n) is 22.2. The number of aromatic nitrogens is 1. The highest BCUT2D eigenvalue weighted by Gasteiger charge is 2.25. The van der Waals surface area contributed by atoms with Crippen molar-refractivity contribution in [2.24, 2.45) is 5.73 Å². The van der Waals surface area contributed by atoms with Crippen molar-refractivity contribution in [1.82, 2.24) is 9.88 Å². The maximum Gasteiger partial charge on any atom is 0.320 e. The third-order valence-electron chi connectivity index (χ3n) is 7.78. The standard InChI is InChI=1S/C32H36ClN3O3/c33-26-9-12-28-25(21-26)8-7-24-4-3-15-35-31(24)30(28)23-13-17-36(18-14-23)16-1-2-19-39-27-10-5-22(6-11-27)20-29(34)32(37)38/h3-6,9-12,15,21,29H,1-2,7-8,13-14,16-20,34H2,(H,37,38)/t29-/m0/s1. The van der Waals surface area contributed by atoms with E-state index in [1.54, 1.807) is 0 Å². The van der Waals surface area contributed by atoms with Gasteiger partial charge in [-0.25, -0.2) is 0 Å². The number of carbonyl (C=O) groups is 1. The highest BCUT2D eigenvalue weighted by atomic mass is 35.5. The van der Waals surface area contributed by atoms with Gasteiger partial charge in [0.2, 0.25) is 0 Å². The van der Waals surface area contributed by atoms with Crippen LogP contribution in [0.4, 0.5) is 0 Å². The van der Waals surface area contributed by atoms with Crippen LogP contribution in [0.15, 0.2) is 66.4 Å². The normalized spacial score (nSPS) is 16.3. The van der Waals surface area contributed by atoms with E-state index in [0.717, 1.165) is 80.2 Å². The van der Waals surface area contributed by atoms with Crippen molar-refractivity contribution >= 4 is 23.1 Å². The van der Waals surface area contributed by atoms with Crippen LogP contribution in [0.3, 0.4) is 0 Å². The smallest absolute Gasteiger partial charge is 0.320 e. The van der Waals surface area contributed by atoms with Crippen LogP contribution < -0.4 is 10.5 Å². The maximum absolute atomic E-state index is 10.9. The number of benzene rings is 2. The molecule has 1 fully saturated rings. The molecule has 0 saturated carbocycles. The molecule has 3 aromatic rings. The third-order valence-corrected chi connectivity index (χ3v) is 8.01. The van der Waals surface area contributed by atoms with E-state index in [-0.39, 0.29) is 0 Å². The van der Waals surface area contributed by atoms with Crippen LogP contribution in [0, 0.1) is 0 Å². The van der Waals surface area contributed by atoms with Gasteiger partial charge in [0.1, 0.15) is 11.8 Å². The molecule has 0 amide bonds. The van der Waals surface area contributed by atoms with Gasteiger partial charge >= 0.3 is 5.97 Å². The fraction of sp³-hybridized carbons (Fsp3) is 0.375. The molecule has 7 heteroatoms. The van der Waals surface area contributed by atoms with Gasteiger partial charge < -0.3 is 20.5 Å². The molecule has 5 rings (SSSR count). The number of nitrogens with zero attached hydrogens (tertiary/aromatic N) is 2. The first-order valence-corrected chi connectivity index (χ1v) is 14.2. The minimum Gasteiger partial charge on any atom is -0.494 e. The molecule has 204 valence electrons. The summed E-state index contributed by atoms with van der Waals surface area (Å²) in [5.41, 5.74) is 14.4. The van der Waals surface area contributed by atoms with Crippen molar-refractivity contribution in [3.05, 3.63) is 99.3 Å². The van der Waals surface area contributed by atoms with E-state index in [1.165, 1.54) is 27.8 Å². The molecule has 1 aliphatic carbocycles. The minimum absolute atomic E-state index is 0.313.